The van der Waals surface area contributed by atoms with Crippen molar-refractivity contribution < 1.29 is 0 Å². The maximum Gasteiger partial charge on any atom is 0.0134 e. The van der Waals surface area contributed by atoms with Gasteiger partial charge in [0.05, 0.1) is 0 Å². The zero-order valence-corrected chi connectivity index (χ0v) is 8.62. The van der Waals surface area contributed by atoms with Gasteiger partial charge in [0.15, 0.2) is 0 Å². The Kier molecular flexibility index (Phi) is 2.71. The van der Waals surface area contributed by atoms with Crippen LogP contribution >= 0.6 is 11.3 Å². The highest BCUT2D eigenvalue weighted by Crippen LogP contribution is 2.30. The third-order valence-corrected chi connectivity index (χ3v) is 3.86. The molecule has 0 aromatic carbocycles. The Bertz CT molecular complexity index is 304. The van der Waals surface area contributed by atoms with Gasteiger partial charge in [-0.3, -0.25) is 0 Å². The van der Waals surface area contributed by atoms with Crippen molar-refractivity contribution in [3.8, 4) is 12.3 Å². The lowest BCUT2D eigenvalue weighted by Crippen LogP contribution is -1.96. The number of rotatable bonds is 2. The van der Waals surface area contributed by atoms with Crippen molar-refractivity contribution in [1.82, 2.24) is 0 Å². The Morgan fingerprint density at radius 1 is 1.38 bits per heavy atom. The van der Waals surface area contributed by atoms with E-state index in [9.17, 15) is 0 Å². The minimum Gasteiger partial charge on any atom is -0.145 e. The van der Waals surface area contributed by atoms with Gasteiger partial charge in [-0.05, 0) is 43.7 Å². The third kappa shape index (κ3) is 1.95. The van der Waals surface area contributed by atoms with Crippen molar-refractivity contribution in [1.29, 1.82) is 0 Å². The molecular weight excluding hydrogens is 176 g/mol. The molecular formula is C12H14S. The fourth-order valence-corrected chi connectivity index (χ4v) is 3.13. The van der Waals surface area contributed by atoms with Crippen LogP contribution in [-0.2, 0) is 19.3 Å². The van der Waals surface area contributed by atoms with Gasteiger partial charge in [0, 0.05) is 16.2 Å². The second-order valence-electron chi connectivity index (χ2n) is 3.57. The molecule has 13 heavy (non-hydrogen) atoms. The highest BCUT2D eigenvalue weighted by atomic mass is 32.1. The second kappa shape index (κ2) is 3.98. The first kappa shape index (κ1) is 8.84. The highest BCUT2D eigenvalue weighted by Gasteiger charge is 2.12. The SMILES string of the molecule is C#CCCc1cc2c(s1)CCCC2. The number of terminal acetylenes is 1. The van der Waals surface area contributed by atoms with Crippen molar-refractivity contribution >= 4 is 11.3 Å². The minimum atomic E-state index is 0.888. The Morgan fingerprint density at radius 2 is 2.23 bits per heavy atom. The van der Waals surface area contributed by atoms with E-state index >= 15 is 0 Å². The molecule has 0 N–H and O–H groups in total. The summed E-state index contributed by atoms with van der Waals surface area (Å²) < 4.78 is 0. The molecule has 68 valence electrons. The summed E-state index contributed by atoms with van der Waals surface area (Å²) in [6, 6.07) is 2.37. The second-order valence-corrected chi connectivity index (χ2v) is 4.79. The molecule has 1 aromatic rings. The van der Waals surface area contributed by atoms with Crippen molar-refractivity contribution in [3.05, 3.63) is 21.4 Å². The predicted octanol–water partition coefficient (Wildman–Crippen LogP) is 3.19. The van der Waals surface area contributed by atoms with Crippen molar-refractivity contribution in [3.63, 3.8) is 0 Å². The van der Waals surface area contributed by atoms with E-state index in [-0.39, 0.29) is 0 Å². The summed E-state index contributed by atoms with van der Waals surface area (Å²) in [6.45, 7) is 0. The summed E-state index contributed by atoms with van der Waals surface area (Å²) in [5.41, 5.74) is 1.60. The third-order valence-electron chi connectivity index (χ3n) is 2.56. The molecule has 1 heteroatoms. The molecule has 1 aliphatic carbocycles. The van der Waals surface area contributed by atoms with E-state index in [1.165, 1.54) is 30.6 Å². The van der Waals surface area contributed by atoms with Gasteiger partial charge in [0.1, 0.15) is 0 Å². The molecule has 1 heterocycles. The molecule has 0 radical (unpaired) electrons. The average molecular weight is 190 g/mol. The lowest BCUT2D eigenvalue weighted by Gasteiger charge is -2.08. The zero-order valence-electron chi connectivity index (χ0n) is 7.81. The normalized spacial score (nSPS) is 15.0. The van der Waals surface area contributed by atoms with E-state index in [1.54, 1.807) is 10.4 Å². The summed E-state index contributed by atoms with van der Waals surface area (Å²) in [6.07, 6.45) is 12.6. The molecule has 0 aliphatic heterocycles. The van der Waals surface area contributed by atoms with Crippen molar-refractivity contribution in [2.24, 2.45) is 0 Å². The van der Waals surface area contributed by atoms with Crippen LogP contribution in [0.25, 0.3) is 0 Å². The van der Waals surface area contributed by atoms with Gasteiger partial charge in [-0.15, -0.1) is 23.7 Å². The summed E-state index contributed by atoms with van der Waals surface area (Å²) >= 11 is 1.98. The van der Waals surface area contributed by atoms with Gasteiger partial charge in [0.25, 0.3) is 0 Å². The molecule has 0 atom stereocenters. The van der Waals surface area contributed by atoms with E-state index in [0.29, 0.717) is 0 Å². The summed E-state index contributed by atoms with van der Waals surface area (Å²) in [4.78, 5) is 3.11. The number of hydrogen-bond donors (Lipinski definition) is 0. The van der Waals surface area contributed by atoms with Gasteiger partial charge >= 0.3 is 0 Å². The molecule has 0 unspecified atom stereocenters. The highest BCUT2D eigenvalue weighted by molar-refractivity contribution is 7.12. The number of hydrogen-bond acceptors (Lipinski definition) is 1. The van der Waals surface area contributed by atoms with Crippen LogP contribution in [0.15, 0.2) is 6.07 Å². The smallest absolute Gasteiger partial charge is 0.0134 e. The Labute approximate surface area is 84.0 Å². The Balaban J connectivity index is 2.12. The van der Waals surface area contributed by atoms with E-state index in [4.69, 9.17) is 6.42 Å². The molecule has 0 nitrogen and oxygen atoms in total. The average Bonchev–Trinajstić information content (AvgIpc) is 2.57. The van der Waals surface area contributed by atoms with Crippen molar-refractivity contribution in [2.45, 2.75) is 38.5 Å². The Morgan fingerprint density at radius 3 is 3.00 bits per heavy atom. The minimum absolute atomic E-state index is 0.888. The van der Waals surface area contributed by atoms with Crippen LogP contribution in [0.1, 0.15) is 34.6 Å². The topological polar surface area (TPSA) is 0 Å². The lowest BCUT2D eigenvalue weighted by molar-refractivity contribution is 0.697. The van der Waals surface area contributed by atoms with Gasteiger partial charge in [-0.1, -0.05) is 0 Å². The van der Waals surface area contributed by atoms with Crippen LogP contribution < -0.4 is 0 Å². The van der Waals surface area contributed by atoms with Crippen molar-refractivity contribution in [2.75, 3.05) is 0 Å². The van der Waals surface area contributed by atoms with E-state index < -0.39 is 0 Å². The maximum atomic E-state index is 5.25. The van der Waals surface area contributed by atoms with E-state index in [1.807, 2.05) is 11.3 Å². The largest absolute Gasteiger partial charge is 0.145 e. The molecule has 2 rings (SSSR count). The summed E-state index contributed by atoms with van der Waals surface area (Å²) in [7, 11) is 0. The fraction of sp³-hybridized carbons (Fsp3) is 0.500. The van der Waals surface area contributed by atoms with Crippen LogP contribution in [-0.4, -0.2) is 0 Å². The van der Waals surface area contributed by atoms with Crippen LogP contribution in [0, 0.1) is 12.3 Å². The molecule has 1 aromatic heterocycles. The lowest BCUT2D eigenvalue weighted by atomic mass is 9.99. The maximum absolute atomic E-state index is 5.25. The fourth-order valence-electron chi connectivity index (χ4n) is 1.87. The number of fused-ring (bicyclic) bond motifs is 1. The first-order valence-corrected chi connectivity index (χ1v) is 5.75. The molecule has 0 saturated carbocycles. The monoisotopic (exact) mass is 190 g/mol. The van der Waals surface area contributed by atoms with Crippen LogP contribution in [0.2, 0.25) is 0 Å². The van der Waals surface area contributed by atoms with E-state index in [0.717, 1.165) is 12.8 Å². The number of thiophene rings is 1. The molecule has 0 spiro atoms. The summed E-state index contributed by atoms with van der Waals surface area (Å²) in [5, 5.41) is 0. The standard InChI is InChI=1S/C12H14S/c1-2-3-7-11-9-10-6-4-5-8-12(10)13-11/h1,9H,3-8H2. The molecule has 0 fully saturated rings. The first-order valence-electron chi connectivity index (χ1n) is 4.94. The van der Waals surface area contributed by atoms with Gasteiger partial charge < -0.3 is 0 Å². The first-order chi connectivity index (χ1) is 6.40. The predicted molar refractivity (Wildman–Crippen MR) is 58.1 cm³/mol. The molecule has 0 saturated heterocycles. The quantitative estimate of drug-likeness (QED) is 0.628. The summed E-state index contributed by atoms with van der Waals surface area (Å²) in [5.74, 6) is 2.70. The van der Waals surface area contributed by atoms with Gasteiger partial charge in [-0.25, -0.2) is 0 Å². The van der Waals surface area contributed by atoms with Gasteiger partial charge in [0.2, 0.25) is 0 Å². The van der Waals surface area contributed by atoms with Crippen LogP contribution in [0.5, 0.6) is 0 Å². The van der Waals surface area contributed by atoms with Crippen LogP contribution in [0.3, 0.4) is 0 Å². The van der Waals surface area contributed by atoms with Crippen LogP contribution in [0.4, 0.5) is 0 Å². The van der Waals surface area contributed by atoms with E-state index in [2.05, 4.69) is 12.0 Å². The number of aryl methyl sites for hydroxylation is 3. The molecule has 0 bridgehead atoms. The molecule has 1 aliphatic rings. The molecule has 0 amide bonds. The van der Waals surface area contributed by atoms with Gasteiger partial charge in [-0.2, -0.15) is 0 Å². The zero-order chi connectivity index (χ0) is 9.10. The Hall–Kier alpha value is -0.740.